The Labute approximate surface area is 101 Å². The van der Waals surface area contributed by atoms with Crippen molar-refractivity contribution in [2.24, 2.45) is 5.92 Å². The lowest BCUT2D eigenvalue weighted by Gasteiger charge is -2.14. The van der Waals surface area contributed by atoms with Gasteiger partial charge in [-0.15, -0.1) is 0 Å². The average molecular weight is 231 g/mol. The predicted octanol–water partition coefficient (Wildman–Crippen LogP) is 2.99. The van der Waals surface area contributed by atoms with Crippen LogP contribution in [-0.2, 0) is 9.53 Å². The fourth-order valence-corrected chi connectivity index (χ4v) is 0.872. The van der Waals surface area contributed by atoms with Crippen LogP contribution in [0.1, 0.15) is 54.4 Å². The molecule has 0 heterocycles. The third-order valence-corrected chi connectivity index (χ3v) is 2.07. The van der Waals surface area contributed by atoms with Crippen LogP contribution >= 0.6 is 0 Å². The minimum absolute atomic E-state index is 0.318. The largest absolute Gasteiger partial charge is 0.462 e. The molecule has 0 amide bonds. The summed E-state index contributed by atoms with van der Waals surface area (Å²) in [5.74, 6) is 0.848. The van der Waals surface area contributed by atoms with Gasteiger partial charge in [-0.3, -0.25) is 4.79 Å². The molecule has 0 rings (SSSR count). The van der Waals surface area contributed by atoms with Crippen molar-refractivity contribution in [3.63, 3.8) is 0 Å². The minimum atomic E-state index is -0.318. The zero-order chi connectivity index (χ0) is 13.2. The molecular weight excluding hydrogens is 202 g/mol. The first-order chi connectivity index (χ1) is 7.22. The summed E-state index contributed by atoms with van der Waals surface area (Å²) in [6, 6.07) is 0.687. The van der Waals surface area contributed by atoms with Crippen molar-refractivity contribution < 1.29 is 9.53 Å². The molecule has 0 aliphatic rings. The van der Waals surface area contributed by atoms with Gasteiger partial charge in [0.15, 0.2) is 0 Å². The van der Waals surface area contributed by atoms with Crippen molar-refractivity contribution in [1.82, 2.24) is 5.32 Å². The fraction of sp³-hybridized carbons (Fsp3) is 0.923. The first-order valence-electron chi connectivity index (χ1n) is 6.01. The van der Waals surface area contributed by atoms with Crippen molar-refractivity contribution in [3.8, 4) is 0 Å². The number of carbonyl (C=O) groups excluding carboxylic acids is 1. The first kappa shape index (κ1) is 17.8. The van der Waals surface area contributed by atoms with Crippen molar-refractivity contribution >= 4 is 6.47 Å². The van der Waals surface area contributed by atoms with Gasteiger partial charge in [-0.25, -0.2) is 0 Å². The van der Waals surface area contributed by atoms with E-state index in [1.807, 2.05) is 27.8 Å². The first-order valence-corrected chi connectivity index (χ1v) is 6.01. The smallest absolute Gasteiger partial charge is 0.293 e. The molecule has 98 valence electrons. The van der Waals surface area contributed by atoms with E-state index in [1.54, 1.807) is 0 Å². The van der Waals surface area contributed by atoms with Crippen LogP contribution in [0.3, 0.4) is 0 Å². The summed E-state index contributed by atoms with van der Waals surface area (Å²) in [6.07, 6.45) is 2.64. The van der Waals surface area contributed by atoms with E-state index in [0.717, 1.165) is 5.92 Å². The normalized spacial score (nSPS) is 12.8. The molecule has 16 heavy (non-hydrogen) atoms. The molecule has 0 spiro atoms. The molecule has 0 aliphatic carbocycles. The summed E-state index contributed by atoms with van der Waals surface area (Å²) in [5, 5.41) is 3.22. The van der Waals surface area contributed by atoms with E-state index in [2.05, 4.69) is 30.8 Å². The van der Waals surface area contributed by atoms with Gasteiger partial charge in [0.1, 0.15) is 5.60 Å². The van der Waals surface area contributed by atoms with Crippen LogP contribution in [0, 0.1) is 5.92 Å². The molecule has 3 nitrogen and oxygen atoms in total. The zero-order valence-electron chi connectivity index (χ0n) is 12.0. The highest BCUT2D eigenvalue weighted by Crippen LogP contribution is 2.05. The summed E-state index contributed by atoms with van der Waals surface area (Å²) in [7, 11) is 2.02. The fourth-order valence-electron chi connectivity index (χ4n) is 0.872. The topological polar surface area (TPSA) is 38.3 Å². The quantitative estimate of drug-likeness (QED) is 0.739. The lowest BCUT2D eigenvalue weighted by atomic mass is 10.0. The Kier molecular flexibility index (Phi) is 10.7. The van der Waals surface area contributed by atoms with Gasteiger partial charge in [-0.05, 0) is 53.5 Å². The molecule has 0 bridgehead atoms. The second kappa shape index (κ2) is 9.64. The second-order valence-corrected chi connectivity index (χ2v) is 5.49. The predicted molar refractivity (Wildman–Crippen MR) is 69.5 cm³/mol. The van der Waals surface area contributed by atoms with E-state index in [9.17, 15) is 4.79 Å². The maximum absolute atomic E-state index is 9.60. The van der Waals surface area contributed by atoms with E-state index >= 15 is 0 Å². The van der Waals surface area contributed by atoms with Gasteiger partial charge in [0.05, 0.1) is 0 Å². The van der Waals surface area contributed by atoms with E-state index in [4.69, 9.17) is 0 Å². The minimum Gasteiger partial charge on any atom is -0.462 e. The van der Waals surface area contributed by atoms with Crippen LogP contribution in [-0.4, -0.2) is 25.2 Å². The maximum atomic E-state index is 9.60. The number of rotatable bonds is 5. The molecule has 0 aromatic rings. The summed E-state index contributed by atoms with van der Waals surface area (Å²) in [6.45, 7) is 12.7. The SMILES string of the molecule is CC(C)(C)OC=O.CNC(C)CCC(C)C. The average Bonchev–Trinajstić information content (AvgIpc) is 2.13. The lowest BCUT2D eigenvalue weighted by molar-refractivity contribution is -0.138. The van der Waals surface area contributed by atoms with E-state index in [1.165, 1.54) is 12.8 Å². The number of hydrogen-bond acceptors (Lipinski definition) is 3. The summed E-state index contributed by atoms with van der Waals surface area (Å²) < 4.78 is 4.55. The lowest BCUT2D eigenvalue weighted by Crippen LogP contribution is -2.21. The van der Waals surface area contributed by atoms with Crippen LogP contribution in [0.15, 0.2) is 0 Å². The standard InChI is InChI=1S/C8H19N.C5H10O2/c1-7(2)5-6-8(3)9-4;1-5(2,3)7-4-6/h7-9H,5-6H2,1-4H3;4H,1-3H3. The maximum Gasteiger partial charge on any atom is 0.293 e. The Hall–Kier alpha value is -0.570. The van der Waals surface area contributed by atoms with E-state index < -0.39 is 0 Å². The van der Waals surface area contributed by atoms with Gasteiger partial charge in [-0.2, -0.15) is 0 Å². The van der Waals surface area contributed by atoms with Gasteiger partial charge < -0.3 is 10.1 Å². The number of ether oxygens (including phenoxy) is 1. The second-order valence-electron chi connectivity index (χ2n) is 5.49. The Balaban J connectivity index is 0. The van der Waals surface area contributed by atoms with Crippen molar-refractivity contribution in [2.45, 2.75) is 66.0 Å². The van der Waals surface area contributed by atoms with Crippen LogP contribution in [0.5, 0.6) is 0 Å². The van der Waals surface area contributed by atoms with Gasteiger partial charge >= 0.3 is 0 Å². The molecule has 0 saturated heterocycles. The molecule has 0 aromatic heterocycles. The Morgan fingerprint density at radius 2 is 1.69 bits per heavy atom. The van der Waals surface area contributed by atoms with Crippen LogP contribution < -0.4 is 5.32 Å². The number of carbonyl (C=O) groups is 1. The van der Waals surface area contributed by atoms with Crippen molar-refractivity contribution in [2.75, 3.05) is 7.05 Å². The Morgan fingerprint density at radius 1 is 1.19 bits per heavy atom. The van der Waals surface area contributed by atoms with Crippen LogP contribution in [0.2, 0.25) is 0 Å². The molecule has 3 heteroatoms. The molecule has 0 aromatic carbocycles. The van der Waals surface area contributed by atoms with Crippen LogP contribution in [0.4, 0.5) is 0 Å². The highest BCUT2D eigenvalue weighted by Gasteiger charge is 2.07. The third-order valence-electron chi connectivity index (χ3n) is 2.07. The summed E-state index contributed by atoms with van der Waals surface area (Å²) >= 11 is 0. The van der Waals surface area contributed by atoms with E-state index in [0.29, 0.717) is 12.5 Å². The zero-order valence-corrected chi connectivity index (χ0v) is 12.0. The molecule has 0 aliphatic heterocycles. The highest BCUT2D eigenvalue weighted by molar-refractivity contribution is 5.37. The van der Waals surface area contributed by atoms with Crippen molar-refractivity contribution in [3.05, 3.63) is 0 Å². The van der Waals surface area contributed by atoms with Gasteiger partial charge in [0.2, 0.25) is 0 Å². The van der Waals surface area contributed by atoms with E-state index in [-0.39, 0.29) is 5.60 Å². The van der Waals surface area contributed by atoms with Gasteiger partial charge in [-0.1, -0.05) is 13.8 Å². The molecule has 0 radical (unpaired) electrons. The molecule has 0 fully saturated rings. The van der Waals surface area contributed by atoms with Crippen molar-refractivity contribution in [1.29, 1.82) is 0 Å². The Morgan fingerprint density at radius 3 is 1.88 bits per heavy atom. The van der Waals surface area contributed by atoms with Gasteiger partial charge in [0, 0.05) is 6.04 Å². The molecule has 1 atom stereocenters. The molecule has 1 unspecified atom stereocenters. The van der Waals surface area contributed by atoms with Gasteiger partial charge in [0.25, 0.3) is 6.47 Å². The third kappa shape index (κ3) is 19.1. The molecule has 0 saturated carbocycles. The summed E-state index contributed by atoms with van der Waals surface area (Å²) in [5.41, 5.74) is -0.318. The Bertz CT molecular complexity index is 162. The number of hydrogen-bond donors (Lipinski definition) is 1. The monoisotopic (exact) mass is 231 g/mol. The molecule has 1 N–H and O–H groups in total. The number of nitrogens with one attached hydrogen (secondary N) is 1. The summed E-state index contributed by atoms with van der Waals surface area (Å²) in [4.78, 5) is 9.60. The highest BCUT2D eigenvalue weighted by atomic mass is 16.5. The van der Waals surface area contributed by atoms with Crippen LogP contribution in [0.25, 0.3) is 0 Å². The molecular formula is C13H29NO2.